The Morgan fingerprint density at radius 3 is 1.83 bits per heavy atom. The number of hydrogen-bond acceptors (Lipinski definition) is 6. The number of rotatable bonds is 12. The summed E-state index contributed by atoms with van der Waals surface area (Å²) in [6.07, 6.45) is -0.555. The molecule has 1 aliphatic heterocycles. The molecule has 0 aromatic heterocycles. The summed E-state index contributed by atoms with van der Waals surface area (Å²) in [5, 5.41) is 0. The van der Waals surface area contributed by atoms with Crippen molar-refractivity contribution in [1.29, 1.82) is 0 Å². The van der Waals surface area contributed by atoms with Gasteiger partial charge in [0, 0.05) is 13.5 Å². The van der Waals surface area contributed by atoms with Crippen LogP contribution in [0.1, 0.15) is 23.1 Å². The highest BCUT2D eigenvalue weighted by Crippen LogP contribution is 2.33. The number of benzene rings is 3. The van der Waals surface area contributed by atoms with E-state index in [1.165, 1.54) is 7.11 Å². The molecule has 1 saturated heterocycles. The molecule has 0 amide bonds. The van der Waals surface area contributed by atoms with Crippen LogP contribution in [0.3, 0.4) is 0 Å². The van der Waals surface area contributed by atoms with Crippen LogP contribution in [0.2, 0.25) is 0 Å². The molecule has 0 radical (unpaired) electrons. The molecule has 0 saturated carbocycles. The van der Waals surface area contributed by atoms with Crippen molar-refractivity contribution in [2.75, 3.05) is 13.7 Å². The van der Waals surface area contributed by atoms with E-state index in [4.69, 9.17) is 23.7 Å². The molecule has 1 aliphatic rings. The third-order valence-corrected chi connectivity index (χ3v) is 6.08. The number of methoxy groups -OCH3 is 1. The zero-order chi connectivity index (χ0) is 24.3. The van der Waals surface area contributed by atoms with Gasteiger partial charge in [-0.15, -0.1) is 0 Å². The molecular weight excluding hydrogens is 444 g/mol. The van der Waals surface area contributed by atoms with Crippen LogP contribution in [0.5, 0.6) is 0 Å². The van der Waals surface area contributed by atoms with Gasteiger partial charge >= 0.3 is 0 Å². The van der Waals surface area contributed by atoms with Crippen molar-refractivity contribution in [2.45, 2.75) is 50.3 Å². The number of carbonyl (C=O) groups excluding carboxylic acids is 1. The highest BCUT2D eigenvalue weighted by Gasteiger charge is 2.49. The van der Waals surface area contributed by atoms with Gasteiger partial charge in [-0.3, -0.25) is 4.79 Å². The highest BCUT2D eigenvalue weighted by molar-refractivity contribution is 5.60. The Bertz CT molecular complexity index is 1010. The maximum atomic E-state index is 12.1. The average Bonchev–Trinajstić information content (AvgIpc) is 2.93. The fraction of sp³-hybridized carbons (Fsp3) is 0.345. The van der Waals surface area contributed by atoms with Gasteiger partial charge < -0.3 is 23.7 Å². The highest BCUT2D eigenvalue weighted by atomic mass is 16.7. The predicted octanol–water partition coefficient (Wildman–Crippen LogP) is 4.70. The quantitative estimate of drug-likeness (QED) is 0.353. The first-order chi connectivity index (χ1) is 17.2. The molecule has 0 unspecified atom stereocenters. The minimum Gasteiger partial charge on any atom is -0.374 e. The van der Waals surface area contributed by atoms with E-state index in [1.807, 2.05) is 91.0 Å². The Morgan fingerprint density at radius 2 is 1.31 bits per heavy atom. The second-order valence-electron chi connectivity index (χ2n) is 8.59. The summed E-state index contributed by atoms with van der Waals surface area (Å²) in [5.74, 6) is -1.42. The minimum absolute atomic E-state index is 0.217. The maximum Gasteiger partial charge on any atom is 0.228 e. The Labute approximate surface area is 206 Å². The lowest BCUT2D eigenvalue weighted by molar-refractivity contribution is -0.308. The van der Waals surface area contributed by atoms with Crippen LogP contribution in [-0.4, -0.2) is 44.1 Å². The van der Waals surface area contributed by atoms with E-state index in [1.54, 1.807) is 0 Å². The predicted molar refractivity (Wildman–Crippen MR) is 131 cm³/mol. The van der Waals surface area contributed by atoms with Crippen LogP contribution in [0, 0.1) is 0 Å². The summed E-state index contributed by atoms with van der Waals surface area (Å²) >= 11 is 0. The monoisotopic (exact) mass is 476 g/mol. The van der Waals surface area contributed by atoms with Gasteiger partial charge in [-0.2, -0.15) is 0 Å². The van der Waals surface area contributed by atoms with Crippen LogP contribution >= 0.6 is 0 Å². The first-order valence-corrected chi connectivity index (χ1v) is 11.8. The van der Waals surface area contributed by atoms with E-state index in [0.717, 1.165) is 16.7 Å². The molecule has 184 valence electrons. The van der Waals surface area contributed by atoms with Crippen LogP contribution in [0.25, 0.3) is 0 Å². The SMILES string of the molecule is CO[C@]1(C=O)C[C@@H](OCc2ccccc2)[C@H](OCc2ccccc2)[C@@H](COCc2ccccc2)O1. The second-order valence-corrected chi connectivity index (χ2v) is 8.59. The summed E-state index contributed by atoms with van der Waals surface area (Å²) in [5.41, 5.74) is 3.12. The first-order valence-electron chi connectivity index (χ1n) is 11.8. The first kappa shape index (κ1) is 25.2. The molecule has 1 heterocycles. The molecule has 3 aromatic rings. The second kappa shape index (κ2) is 12.7. The van der Waals surface area contributed by atoms with Gasteiger partial charge in [0.15, 0.2) is 6.29 Å². The zero-order valence-electron chi connectivity index (χ0n) is 20.0. The van der Waals surface area contributed by atoms with E-state index < -0.39 is 24.1 Å². The van der Waals surface area contributed by atoms with Crippen LogP contribution in [0.4, 0.5) is 0 Å². The smallest absolute Gasteiger partial charge is 0.228 e. The summed E-state index contributed by atoms with van der Waals surface area (Å²) in [6.45, 7) is 1.41. The van der Waals surface area contributed by atoms with E-state index in [-0.39, 0.29) is 13.0 Å². The molecule has 0 bridgehead atoms. The third-order valence-electron chi connectivity index (χ3n) is 6.08. The van der Waals surface area contributed by atoms with E-state index >= 15 is 0 Å². The molecule has 3 aromatic carbocycles. The van der Waals surface area contributed by atoms with Gasteiger partial charge in [-0.05, 0) is 16.7 Å². The van der Waals surface area contributed by atoms with E-state index in [2.05, 4.69) is 0 Å². The van der Waals surface area contributed by atoms with Crippen molar-refractivity contribution in [2.24, 2.45) is 0 Å². The Morgan fingerprint density at radius 1 is 0.800 bits per heavy atom. The largest absolute Gasteiger partial charge is 0.374 e. The van der Waals surface area contributed by atoms with Gasteiger partial charge in [-0.25, -0.2) is 0 Å². The van der Waals surface area contributed by atoms with Crippen molar-refractivity contribution < 1.29 is 28.5 Å². The van der Waals surface area contributed by atoms with Gasteiger partial charge in [0.05, 0.1) is 32.5 Å². The summed E-state index contributed by atoms with van der Waals surface area (Å²) in [6, 6.07) is 29.8. The topological polar surface area (TPSA) is 63.2 Å². The molecule has 0 spiro atoms. The molecule has 6 nitrogen and oxygen atoms in total. The van der Waals surface area contributed by atoms with Crippen molar-refractivity contribution in [3.8, 4) is 0 Å². The molecule has 35 heavy (non-hydrogen) atoms. The number of ether oxygens (including phenoxy) is 5. The molecular formula is C29H32O6. The summed E-state index contributed by atoms with van der Waals surface area (Å²) < 4.78 is 30.4. The third kappa shape index (κ3) is 7.07. The van der Waals surface area contributed by atoms with Crippen LogP contribution in [-0.2, 0) is 48.3 Å². The number of carbonyl (C=O) groups is 1. The van der Waals surface area contributed by atoms with Gasteiger partial charge in [0.2, 0.25) is 5.79 Å². The summed E-state index contributed by atoms with van der Waals surface area (Å²) in [4.78, 5) is 12.1. The average molecular weight is 477 g/mol. The maximum absolute atomic E-state index is 12.1. The fourth-order valence-corrected chi connectivity index (χ4v) is 4.17. The Kier molecular flexibility index (Phi) is 9.17. The lowest BCUT2D eigenvalue weighted by Gasteiger charge is -2.45. The van der Waals surface area contributed by atoms with Crippen LogP contribution in [0.15, 0.2) is 91.0 Å². The molecule has 4 atom stereocenters. The molecule has 6 heteroatoms. The van der Waals surface area contributed by atoms with Gasteiger partial charge in [-0.1, -0.05) is 91.0 Å². The lowest BCUT2D eigenvalue weighted by Crippen LogP contribution is -2.59. The molecule has 0 aliphatic carbocycles. The van der Waals surface area contributed by atoms with Crippen molar-refractivity contribution in [1.82, 2.24) is 0 Å². The van der Waals surface area contributed by atoms with Gasteiger partial charge in [0.1, 0.15) is 12.2 Å². The normalized spacial score (nSPS) is 24.2. The molecule has 0 N–H and O–H groups in total. The summed E-state index contributed by atoms with van der Waals surface area (Å²) in [7, 11) is 1.47. The zero-order valence-corrected chi connectivity index (χ0v) is 20.0. The number of hydrogen-bond donors (Lipinski definition) is 0. The molecule has 4 rings (SSSR count). The van der Waals surface area contributed by atoms with Gasteiger partial charge in [0.25, 0.3) is 0 Å². The van der Waals surface area contributed by atoms with Crippen molar-refractivity contribution >= 4 is 6.29 Å². The standard InChI is InChI=1S/C29H32O6/c1-31-29(22-30)17-26(33-19-24-13-7-3-8-14-24)28(34-20-25-15-9-4-10-16-25)27(35-29)21-32-18-23-11-5-2-6-12-23/h2-16,22,26-28H,17-21H2,1H3/t26-,27-,28+,29-/m1/s1. The van der Waals surface area contributed by atoms with E-state index in [9.17, 15) is 4.79 Å². The Hall–Kier alpha value is -2.87. The Balaban J connectivity index is 1.51. The van der Waals surface area contributed by atoms with Crippen molar-refractivity contribution in [3.63, 3.8) is 0 Å². The lowest BCUT2D eigenvalue weighted by atomic mass is 9.95. The minimum atomic E-state index is -1.42. The number of aldehydes is 1. The fourth-order valence-electron chi connectivity index (χ4n) is 4.17. The van der Waals surface area contributed by atoms with Crippen molar-refractivity contribution in [3.05, 3.63) is 108 Å². The van der Waals surface area contributed by atoms with E-state index in [0.29, 0.717) is 26.1 Å². The van der Waals surface area contributed by atoms with Crippen LogP contribution < -0.4 is 0 Å². The molecule has 1 fully saturated rings.